The number of rotatable bonds is 1. The Hall–Kier alpha value is 0.660. The molecule has 0 aromatic heterocycles. The summed E-state index contributed by atoms with van der Waals surface area (Å²) < 4.78 is 5.68. The number of hydrogen-bond donors (Lipinski definition) is 1. The topological polar surface area (TPSA) is 29.5 Å². The average molecular weight is 264 g/mol. The molecular formula is C10H17O2PS2. The molecule has 2 nitrogen and oxygen atoms in total. The van der Waals surface area contributed by atoms with Gasteiger partial charge in [0.1, 0.15) is 0 Å². The van der Waals surface area contributed by atoms with E-state index in [2.05, 4.69) is 20.4 Å². The van der Waals surface area contributed by atoms with Gasteiger partial charge in [-0.1, -0.05) is 23.5 Å². The van der Waals surface area contributed by atoms with Crippen LogP contribution in [-0.2, 0) is 16.3 Å². The fraction of sp³-hybridized carbons (Fsp3) is 0.800. The Morgan fingerprint density at radius 2 is 2.40 bits per heavy atom. The summed E-state index contributed by atoms with van der Waals surface area (Å²) in [5.41, 5.74) is -1.32. The molecule has 0 amide bonds. The lowest BCUT2D eigenvalue weighted by Crippen LogP contribution is -2.39. The van der Waals surface area contributed by atoms with Crippen LogP contribution in [-0.4, -0.2) is 15.7 Å². The zero-order valence-corrected chi connectivity index (χ0v) is 11.6. The molecular weight excluding hydrogens is 247 g/mol. The van der Waals surface area contributed by atoms with Gasteiger partial charge in [-0.25, -0.2) is 0 Å². The molecule has 0 bridgehead atoms. The van der Waals surface area contributed by atoms with Crippen molar-refractivity contribution in [1.29, 1.82) is 0 Å². The molecule has 1 saturated heterocycles. The smallest absolute Gasteiger partial charge is 0.245 e. The maximum Gasteiger partial charge on any atom is 0.245 e. The van der Waals surface area contributed by atoms with Gasteiger partial charge in [-0.3, -0.25) is 0 Å². The molecule has 86 valence electrons. The van der Waals surface area contributed by atoms with Crippen molar-refractivity contribution in [3.63, 3.8) is 0 Å². The van der Waals surface area contributed by atoms with E-state index in [0.29, 0.717) is 5.92 Å². The third kappa shape index (κ3) is 2.34. The number of hydrogen-bond acceptors (Lipinski definition) is 3. The van der Waals surface area contributed by atoms with Gasteiger partial charge in [0, 0.05) is 4.75 Å². The largest absolute Gasteiger partial charge is 0.337 e. The van der Waals surface area contributed by atoms with E-state index in [4.69, 9.17) is 16.3 Å². The lowest BCUT2D eigenvalue weighted by atomic mass is 9.77. The van der Waals surface area contributed by atoms with Gasteiger partial charge in [-0.15, -0.1) is 0 Å². The van der Waals surface area contributed by atoms with Gasteiger partial charge in [0.2, 0.25) is 5.69 Å². The SMILES string of the molecule is C=C(C)[C@@H]1CC[C@]2(C)SP(O)(=S)O[C@H]2C1. The summed E-state index contributed by atoms with van der Waals surface area (Å²) in [6, 6.07) is 0. The Bertz CT molecular complexity index is 344. The molecule has 0 aromatic rings. The predicted octanol–water partition coefficient (Wildman–Crippen LogP) is 3.47. The first-order chi connectivity index (χ1) is 6.82. The highest BCUT2D eigenvalue weighted by Gasteiger charge is 2.51. The van der Waals surface area contributed by atoms with Gasteiger partial charge in [0.05, 0.1) is 6.10 Å². The van der Waals surface area contributed by atoms with Crippen LogP contribution in [0.5, 0.6) is 0 Å². The lowest BCUT2D eigenvalue weighted by Gasteiger charge is -2.37. The van der Waals surface area contributed by atoms with Crippen molar-refractivity contribution in [3.05, 3.63) is 12.2 Å². The van der Waals surface area contributed by atoms with Crippen molar-refractivity contribution >= 4 is 28.9 Å². The molecule has 1 N–H and O–H groups in total. The van der Waals surface area contributed by atoms with Crippen molar-refractivity contribution in [1.82, 2.24) is 0 Å². The zero-order chi connectivity index (χ0) is 11.3. The molecule has 2 fully saturated rings. The fourth-order valence-electron chi connectivity index (χ4n) is 2.40. The molecule has 5 heteroatoms. The minimum Gasteiger partial charge on any atom is -0.337 e. The van der Waals surface area contributed by atoms with Gasteiger partial charge < -0.3 is 9.42 Å². The highest BCUT2D eigenvalue weighted by atomic mass is 32.9. The molecule has 1 heterocycles. The van der Waals surface area contributed by atoms with Crippen molar-refractivity contribution in [2.75, 3.05) is 0 Å². The normalized spacial score (nSPS) is 50.1. The molecule has 15 heavy (non-hydrogen) atoms. The summed E-state index contributed by atoms with van der Waals surface area (Å²) in [6.45, 7) is 8.25. The van der Waals surface area contributed by atoms with Gasteiger partial charge in [0.15, 0.2) is 0 Å². The van der Waals surface area contributed by atoms with Crippen molar-refractivity contribution in [2.24, 2.45) is 5.92 Å². The van der Waals surface area contributed by atoms with Crippen molar-refractivity contribution in [3.8, 4) is 0 Å². The molecule has 1 aliphatic carbocycles. The van der Waals surface area contributed by atoms with Crippen molar-refractivity contribution in [2.45, 2.75) is 44.0 Å². The van der Waals surface area contributed by atoms with Gasteiger partial charge in [-0.2, -0.15) is 0 Å². The second kappa shape index (κ2) is 3.85. The van der Waals surface area contributed by atoms with Crippen LogP contribution < -0.4 is 0 Å². The monoisotopic (exact) mass is 264 g/mol. The van der Waals surface area contributed by atoms with Crippen LogP contribution in [0.1, 0.15) is 33.1 Å². The minimum absolute atomic E-state index is 0.0379. The first kappa shape index (κ1) is 12.1. The summed E-state index contributed by atoms with van der Waals surface area (Å²) in [5.74, 6) is 0.539. The Morgan fingerprint density at radius 1 is 1.73 bits per heavy atom. The maximum atomic E-state index is 9.86. The molecule has 2 rings (SSSR count). The third-order valence-corrected chi connectivity index (χ3v) is 8.22. The summed E-state index contributed by atoms with van der Waals surface area (Å²) >= 11 is 6.58. The van der Waals surface area contributed by atoms with Gasteiger partial charge in [0.25, 0.3) is 0 Å². The standard InChI is InChI=1S/C10H17O2PS2/c1-7(2)8-4-5-10(3)9(6-8)12-13(11,14)15-10/h8-9H,1,4-6H2,2-3H3,(H,11,14)/t8-,9+,10+,13?/m1/s1. The molecule has 1 aliphatic heterocycles. The van der Waals surface area contributed by atoms with E-state index < -0.39 is 5.69 Å². The molecule has 0 aromatic carbocycles. The Kier molecular flexibility index (Phi) is 3.11. The zero-order valence-electron chi connectivity index (χ0n) is 9.10. The number of fused-ring (bicyclic) bond motifs is 1. The fourth-order valence-corrected chi connectivity index (χ4v) is 8.65. The van der Waals surface area contributed by atoms with E-state index in [1.165, 1.54) is 17.0 Å². The van der Waals surface area contributed by atoms with E-state index >= 15 is 0 Å². The van der Waals surface area contributed by atoms with Crippen LogP contribution in [0, 0.1) is 5.92 Å². The molecule has 1 saturated carbocycles. The average Bonchev–Trinajstić information content (AvgIpc) is 2.31. The predicted molar refractivity (Wildman–Crippen MR) is 69.5 cm³/mol. The van der Waals surface area contributed by atoms with Crippen LogP contribution in [0.2, 0.25) is 0 Å². The van der Waals surface area contributed by atoms with Crippen molar-refractivity contribution < 1.29 is 9.42 Å². The second-order valence-corrected chi connectivity index (χ2v) is 11.3. The summed E-state index contributed by atoms with van der Waals surface area (Å²) in [6.07, 6.45) is 3.30. The molecule has 4 atom stereocenters. The molecule has 0 spiro atoms. The molecule has 0 radical (unpaired) electrons. The third-order valence-electron chi connectivity index (χ3n) is 3.45. The van der Waals surface area contributed by atoms with Gasteiger partial charge in [-0.05, 0) is 50.8 Å². The summed E-state index contributed by atoms with van der Waals surface area (Å²) in [4.78, 5) is 9.86. The molecule has 1 unspecified atom stereocenters. The summed E-state index contributed by atoms with van der Waals surface area (Å²) in [7, 11) is 0. The van der Waals surface area contributed by atoms with Crippen LogP contribution in [0.3, 0.4) is 0 Å². The van der Waals surface area contributed by atoms with Gasteiger partial charge >= 0.3 is 0 Å². The van der Waals surface area contributed by atoms with E-state index in [-0.39, 0.29) is 10.9 Å². The van der Waals surface area contributed by atoms with Crippen LogP contribution in [0.25, 0.3) is 0 Å². The second-order valence-electron chi connectivity index (χ2n) is 4.78. The van der Waals surface area contributed by atoms with E-state index in [1.54, 1.807) is 0 Å². The highest BCUT2D eigenvalue weighted by molar-refractivity contribution is 8.68. The Morgan fingerprint density at radius 3 is 3.00 bits per heavy atom. The van der Waals surface area contributed by atoms with Crippen LogP contribution in [0.4, 0.5) is 0 Å². The van der Waals surface area contributed by atoms with Crippen LogP contribution in [0.15, 0.2) is 12.2 Å². The number of allylic oxidation sites excluding steroid dienone is 1. The maximum absolute atomic E-state index is 9.86. The van der Waals surface area contributed by atoms with E-state index in [0.717, 1.165) is 19.3 Å². The first-order valence-electron chi connectivity index (χ1n) is 5.20. The first-order valence-corrected chi connectivity index (χ1v) is 9.29. The summed E-state index contributed by atoms with van der Waals surface area (Å²) in [5, 5.41) is 0. The lowest BCUT2D eigenvalue weighted by molar-refractivity contribution is 0.118. The Labute approximate surface area is 100 Å². The molecule has 2 aliphatic rings. The van der Waals surface area contributed by atoms with E-state index in [9.17, 15) is 4.89 Å². The Balaban J connectivity index is 2.16. The van der Waals surface area contributed by atoms with E-state index in [1.807, 2.05) is 0 Å². The minimum atomic E-state index is -2.55. The quantitative estimate of drug-likeness (QED) is 0.580. The van der Waals surface area contributed by atoms with Crippen LogP contribution >= 0.6 is 17.1 Å². The highest BCUT2D eigenvalue weighted by Crippen LogP contribution is 2.72.